The number of halogens is 1. The maximum absolute atomic E-state index is 12.7. The molecule has 2 heteroatoms. The highest BCUT2D eigenvalue weighted by Crippen LogP contribution is 2.24. The number of benzene rings is 1. The molecule has 1 aliphatic rings. The van der Waals surface area contributed by atoms with Gasteiger partial charge < -0.3 is 5.32 Å². The Morgan fingerprint density at radius 2 is 2.00 bits per heavy atom. The third-order valence-corrected chi connectivity index (χ3v) is 2.63. The maximum atomic E-state index is 12.7. The van der Waals surface area contributed by atoms with Gasteiger partial charge in [0, 0.05) is 13.1 Å². The first-order valence-electron chi connectivity index (χ1n) is 4.94. The van der Waals surface area contributed by atoms with Gasteiger partial charge in [-0.15, -0.1) is 0 Å². The van der Waals surface area contributed by atoms with Crippen molar-refractivity contribution < 1.29 is 4.39 Å². The lowest BCUT2D eigenvalue weighted by Crippen LogP contribution is -2.26. The van der Waals surface area contributed by atoms with Gasteiger partial charge in [0.25, 0.3) is 0 Å². The van der Waals surface area contributed by atoms with Crippen LogP contribution >= 0.6 is 0 Å². The second-order valence-corrected chi connectivity index (χ2v) is 3.73. The van der Waals surface area contributed by atoms with E-state index in [9.17, 15) is 4.39 Å². The minimum atomic E-state index is -0.170. The van der Waals surface area contributed by atoms with Crippen molar-refractivity contribution in [2.75, 3.05) is 13.1 Å². The number of rotatable bonds is 1. The molecule has 1 aliphatic heterocycles. The SMILES string of the molecule is CC1CNCC=C1c1ccc(F)cc1. The molecule has 1 aromatic carbocycles. The molecule has 0 saturated carbocycles. The molecule has 74 valence electrons. The highest BCUT2D eigenvalue weighted by Gasteiger charge is 2.13. The molecule has 14 heavy (non-hydrogen) atoms. The molecule has 2 rings (SSSR count). The van der Waals surface area contributed by atoms with Crippen molar-refractivity contribution >= 4 is 5.57 Å². The summed E-state index contributed by atoms with van der Waals surface area (Å²) in [5.74, 6) is 0.338. The number of hydrogen-bond acceptors (Lipinski definition) is 1. The van der Waals surface area contributed by atoms with Crippen molar-refractivity contribution in [3.63, 3.8) is 0 Å². The van der Waals surface area contributed by atoms with Crippen LogP contribution in [0.3, 0.4) is 0 Å². The second kappa shape index (κ2) is 3.93. The highest BCUT2D eigenvalue weighted by atomic mass is 19.1. The van der Waals surface area contributed by atoms with E-state index in [1.54, 1.807) is 0 Å². The van der Waals surface area contributed by atoms with Crippen molar-refractivity contribution in [2.45, 2.75) is 6.92 Å². The molecule has 1 nitrogen and oxygen atoms in total. The molecule has 1 aromatic rings. The van der Waals surface area contributed by atoms with Crippen LogP contribution in [-0.4, -0.2) is 13.1 Å². The van der Waals surface area contributed by atoms with Gasteiger partial charge in [0.15, 0.2) is 0 Å². The lowest BCUT2D eigenvalue weighted by molar-refractivity contribution is 0.613. The summed E-state index contributed by atoms with van der Waals surface area (Å²) in [6.07, 6.45) is 2.18. The Balaban J connectivity index is 2.29. The van der Waals surface area contributed by atoms with E-state index >= 15 is 0 Å². The Kier molecular flexibility index (Phi) is 2.64. The Bertz CT molecular complexity index is 340. The van der Waals surface area contributed by atoms with Gasteiger partial charge in [-0.3, -0.25) is 0 Å². The summed E-state index contributed by atoms with van der Waals surface area (Å²) in [7, 11) is 0. The van der Waals surface area contributed by atoms with Crippen LogP contribution in [0.2, 0.25) is 0 Å². The Hall–Kier alpha value is -1.15. The molecule has 0 radical (unpaired) electrons. The van der Waals surface area contributed by atoms with E-state index in [1.807, 2.05) is 12.1 Å². The van der Waals surface area contributed by atoms with Gasteiger partial charge in [0.05, 0.1) is 0 Å². The fourth-order valence-corrected chi connectivity index (χ4v) is 1.84. The number of nitrogens with one attached hydrogen (secondary N) is 1. The summed E-state index contributed by atoms with van der Waals surface area (Å²) in [5, 5.41) is 3.30. The maximum Gasteiger partial charge on any atom is 0.123 e. The van der Waals surface area contributed by atoms with E-state index in [0.717, 1.165) is 18.7 Å². The normalized spacial score (nSPS) is 21.9. The summed E-state index contributed by atoms with van der Waals surface area (Å²) < 4.78 is 12.7. The summed E-state index contributed by atoms with van der Waals surface area (Å²) in [6.45, 7) is 4.10. The Morgan fingerprint density at radius 1 is 1.29 bits per heavy atom. The third kappa shape index (κ3) is 1.85. The molecule has 0 spiro atoms. The highest BCUT2D eigenvalue weighted by molar-refractivity contribution is 5.68. The minimum absolute atomic E-state index is 0.170. The zero-order valence-corrected chi connectivity index (χ0v) is 8.26. The van der Waals surface area contributed by atoms with Gasteiger partial charge in [-0.2, -0.15) is 0 Å². The van der Waals surface area contributed by atoms with Crippen LogP contribution in [0.1, 0.15) is 12.5 Å². The second-order valence-electron chi connectivity index (χ2n) is 3.73. The molecule has 1 heterocycles. The average Bonchev–Trinajstić information content (AvgIpc) is 2.20. The summed E-state index contributed by atoms with van der Waals surface area (Å²) in [5.41, 5.74) is 2.46. The van der Waals surface area contributed by atoms with Gasteiger partial charge in [-0.25, -0.2) is 4.39 Å². The average molecular weight is 191 g/mol. The zero-order chi connectivity index (χ0) is 9.97. The van der Waals surface area contributed by atoms with Crippen LogP contribution in [-0.2, 0) is 0 Å². The fourth-order valence-electron chi connectivity index (χ4n) is 1.84. The van der Waals surface area contributed by atoms with Crippen molar-refractivity contribution in [1.82, 2.24) is 5.32 Å². The predicted molar refractivity (Wildman–Crippen MR) is 56.4 cm³/mol. The van der Waals surface area contributed by atoms with Crippen LogP contribution in [0.4, 0.5) is 4.39 Å². The third-order valence-electron chi connectivity index (χ3n) is 2.63. The molecule has 1 unspecified atom stereocenters. The van der Waals surface area contributed by atoms with Gasteiger partial charge in [-0.1, -0.05) is 25.1 Å². The van der Waals surface area contributed by atoms with Gasteiger partial charge in [0.1, 0.15) is 5.82 Å². The van der Waals surface area contributed by atoms with Crippen LogP contribution in [0.15, 0.2) is 30.3 Å². The van der Waals surface area contributed by atoms with Gasteiger partial charge in [-0.05, 0) is 29.2 Å². The van der Waals surface area contributed by atoms with Crippen LogP contribution < -0.4 is 5.32 Å². The molecular weight excluding hydrogens is 177 g/mol. The summed E-state index contributed by atoms with van der Waals surface area (Å²) >= 11 is 0. The van der Waals surface area contributed by atoms with Gasteiger partial charge in [0.2, 0.25) is 0 Å². The van der Waals surface area contributed by atoms with E-state index in [4.69, 9.17) is 0 Å². The van der Waals surface area contributed by atoms with E-state index in [2.05, 4.69) is 18.3 Å². The monoisotopic (exact) mass is 191 g/mol. The van der Waals surface area contributed by atoms with Crippen LogP contribution in [0, 0.1) is 11.7 Å². The van der Waals surface area contributed by atoms with Crippen molar-refractivity contribution in [2.24, 2.45) is 5.92 Å². The molecule has 0 bridgehead atoms. The molecule has 0 amide bonds. The molecule has 1 N–H and O–H groups in total. The fraction of sp³-hybridized carbons (Fsp3) is 0.333. The zero-order valence-electron chi connectivity index (χ0n) is 8.26. The molecular formula is C12H14FN. The topological polar surface area (TPSA) is 12.0 Å². The largest absolute Gasteiger partial charge is 0.313 e. The molecule has 0 aromatic heterocycles. The Morgan fingerprint density at radius 3 is 2.64 bits per heavy atom. The Labute approximate surface area is 83.6 Å². The summed E-state index contributed by atoms with van der Waals surface area (Å²) in [4.78, 5) is 0. The summed E-state index contributed by atoms with van der Waals surface area (Å²) in [6, 6.07) is 6.74. The molecule has 0 aliphatic carbocycles. The smallest absolute Gasteiger partial charge is 0.123 e. The van der Waals surface area contributed by atoms with E-state index < -0.39 is 0 Å². The van der Waals surface area contributed by atoms with Crippen molar-refractivity contribution in [3.05, 3.63) is 41.7 Å². The molecule has 0 fully saturated rings. The number of hydrogen-bond donors (Lipinski definition) is 1. The quantitative estimate of drug-likeness (QED) is 0.719. The minimum Gasteiger partial charge on any atom is -0.313 e. The van der Waals surface area contributed by atoms with Crippen molar-refractivity contribution in [1.29, 1.82) is 0 Å². The first-order chi connectivity index (χ1) is 6.77. The standard InChI is InChI=1S/C12H14FN/c1-9-8-14-7-6-12(9)10-2-4-11(13)5-3-10/h2-6,9,14H,7-8H2,1H3. The van der Waals surface area contributed by atoms with E-state index in [-0.39, 0.29) is 5.82 Å². The lowest BCUT2D eigenvalue weighted by atomic mass is 9.91. The van der Waals surface area contributed by atoms with E-state index in [1.165, 1.54) is 17.7 Å². The lowest BCUT2D eigenvalue weighted by Gasteiger charge is -2.21. The predicted octanol–water partition coefficient (Wildman–Crippen LogP) is 2.45. The first kappa shape index (κ1) is 9.41. The van der Waals surface area contributed by atoms with Gasteiger partial charge >= 0.3 is 0 Å². The van der Waals surface area contributed by atoms with Crippen molar-refractivity contribution in [3.8, 4) is 0 Å². The van der Waals surface area contributed by atoms with Crippen LogP contribution in [0.25, 0.3) is 5.57 Å². The first-order valence-corrected chi connectivity index (χ1v) is 4.94. The van der Waals surface area contributed by atoms with E-state index in [0.29, 0.717) is 5.92 Å². The molecule has 1 atom stereocenters. The van der Waals surface area contributed by atoms with Crippen LogP contribution in [0.5, 0.6) is 0 Å². The molecule has 0 saturated heterocycles.